The van der Waals surface area contributed by atoms with Crippen molar-refractivity contribution in [2.75, 3.05) is 11.9 Å². The second-order valence-corrected chi connectivity index (χ2v) is 6.98. The molecule has 0 saturated carbocycles. The third kappa shape index (κ3) is 2.73. The molecule has 3 aromatic rings. The lowest BCUT2D eigenvalue weighted by Gasteiger charge is -2.08. The highest BCUT2D eigenvalue weighted by molar-refractivity contribution is 7.11. The number of aryl methyl sites for hydroxylation is 2. The molecule has 3 aromatic heterocycles. The van der Waals surface area contributed by atoms with Crippen molar-refractivity contribution in [3.05, 3.63) is 40.0 Å². The Balaban J connectivity index is 1.47. The van der Waals surface area contributed by atoms with Crippen LogP contribution < -0.4 is 5.32 Å². The number of hydrogen-bond acceptors (Lipinski definition) is 6. The van der Waals surface area contributed by atoms with E-state index in [-0.39, 0.29) is 5.69 Å². The molecule has 0 spiro atoms. The monoisotopic (exact) mass is 343 g/mol. The second-order valence-electron chi connectivity index (χ2n) is 5.81. The zero-order valence-corrected chi connectivity index (χ0v) is 13.8. The van der Waals surface area contributed by atoms with Crippen LogP contribution in [0.25, 0.3) is 5.52 Å². The number of nitrogens with one attached hydrogen (secondary N) is 1. The highest BCUT2D eigenvalue weighted by Crippen LogP contribution is 2.27. The summed E-state index contributed by atoms with van der Waals surface area (Å²) in [5.41, 5.74) is 2.04. The lowest BCUT2D eigenvalue weighted by Crippen LogP contribution is -2.11. The largest absolute Gasteiger partial charge is 0.477 e. The minimum absolute atomic E-state index is 0.0978. The quantitative estimate of drug-likeness (QED) is 0.739. The van der Waals surface area contributed by atoms with Crippen LogP contribution in [0.15, 0.2) is 18.7 Å². The Kier molecular flexibility index (Phi) is 3.89. The molecule has 1 aliphatic carbocycles. The Hall–Kier alpha value is -2.48. The molecule has 0 saturated heterocycles. The first-order valence-corrected chi connectivity index (χ1v) is 8.79. The van der Waals surface area contributed by atoms with Crippen LogP contribution in [0.3, 0.4) is 0 Å². The van der Waals surface area contributed by atoms with Crippen molar-refractivity contribution in [3.8, 4) is 0 Å². The number of rotatable bonds is 5. The van der Waals surface area contributed by atoms with Crippen molar-refractivity contribution in [3.63, 3.8) is 0 Å². The summed E-state index contributed by atoms with van der Waals surface area (Å²) < 4.78 is 1.53. The highest BCUT2D eigenvalue weighted by Gasteiger charge is 2.15. The summed E-state index contributed by atoms with van der Waals surface area (Å²) >= 11 is 1.82. The molecule has 8 heteroatoms. The minimum atomic E-state index is -1.02. The summed E-state index contributed by atoms with van der Waals surface area (Å²) in [7, 11) is 0. The van der Waals surface area contributed by atoms with Crippen LogP contribution in [-0.2, 0) is 19.3 Å². The van der Waals surface area contributed by atoms with E-state index in [1.807, 2.05) is 11.3 Å². The third-order valence-electron chi connectivity index (χ3n) is 4.20. The Morgan fingerprint density at radius 1 is 1.33 bits per heavy atom. The second kappa shape index (κ2) is 6.20. The van der Waals surface area contributed by atoms with Crippen LogP contribution in [0, 0.1) is 0 Å². The van der Waals surface area contributed by atoms with Crippen LogP contribution in [0.5, 0.6) is 0 Å². The Bertz CT molecular complexity index is 878. The van der Waals surface area contributed by atoms with E-state index in [4.69, 9.17) is 4.98 Å². The van der Waals surface area contributed by atoms with Crippen LogP contribution in [-0.4, -0.2) is 37.0 Å². The van der Waals surface area contributed by atoms with Crippen molar-refractivity contribution >= 4 is 28.6 Å². The number of imidazole rings is 1. The number of aromatic nitrogens is 4. The lowest BCUT2D eigenvalue weighted by atomic mass is 10.0. The van der Waals surface area contributed by atoms with E-state index in [9.17, 15) is 9.90 Å². The van der Waals surface area contributed by atoms with E-state index in [0.29, 0.717) is 17.9 Å². The molecule has 1 aliphatic rings. The van der Waals surface area contributed by atoms with Crippen molar-refractivity contribution in [1.82, 2.24) is 19.4 Å². The van der Waals surface area contributed by atoms with Gasteiger partial charge in [0.15, 0.2) is 11.5 Å². The van der Waals surface area contributed by atoms with Gasteiger partial charge in [-0.2, -0.15) is 0 Å². The molecule has 0 unspecified atom stereocenters. The standard InChI is InChI=1S/C16H17N5O2S/c22-16(23)12-8-19-15(11-7-17-9-21(11)12)18-6-5-14-20-10-3-1-2-4-13(10)24-14/h7-9H,1-6H2,(H,18,19)(H,22,23). The summed E-state index contributed by atoms with van der Waals surface area (Å²) in [5.74, 6) is -0.385. The van der Waals surface area contributed by atoms with Gasteiger partial charge in [0.2, 0.25) is 0 Å². The number of nitrogens with zero attached hydrogens (tertiary/aromatic N) is 4. The maximum Gasteiger partial charge on any atom is 0.354 e. The zero-order chi connectivity index (χ0) is 16.5. The van der Waals surface area contributed by atoms with Gasteiger partial charge in [0, 0.05) is 17.8 Å². The van der Waals surface area contributed by atoms with Crippen molar-refractivity contribution in [1.29, 1.82) is 0 Å². The SMILES string of the molecule is O=C(O)c1cnc(NCCc2nc3c(s2)CCCC3)c2cncn12. The predicted octanol–water partition coefficient (Wildman–Crippen LogP) is 2.42. The molecule has 0 amide bonds. The van der Waals surface area contributed by atoms with Crippen LogP contribution in [0.4, 0.5) is 5.82 Å². The van der Waals surface area contributed by atoms with E-state index in [1.54, 1.807) is 6.20 Å². The average Bonchev–Trinajstić information content (AvgIpc) is 3.21. The molecule has 0 radical (unpaired) electrons. The van der Waals surface area contributed by atoms with Crippen LogP contribution >= 0.6 is 11.3 Å². The van der Waals surface area contributed by atoms with E-state index in [0.717, 1.165) is 24.3 Å². The fraction of sp³-hybridized carbons (Fsp3) is 0.375. The van der Waals surface area contributed by atoms with Crippen LogP contribution in [0.1, 0.15) is 38.9 Å². The molecule has 7 nitrogen and oxygen atoms in total. The smallest absolute Gasteiger partial charge is 0.354 e. The molecule has 0 aliphatic heterocycles. The molecule has 0 atom stereocenters. The van der Waals surface area contributed by atoms with Gasteiger partial charge in [-0.05, 0) is 25.7 Å². The Labute approximate surface area is 142 Å². The normalized spacial score (nSPS) is 13.8. The lowest BCUT2D eigenvalue weighted by molar-refractivity contribution is 0.0688. The number of hydrogen-bond donors (Lipinski definition) is 2. The molecule has 124 valence electrons. The molecule has 0 aromatic carbocycles. The Morgan fingerprint density at radius 3 is 3.04 bits per heavy atom. The molecule has 4 rings (SSSR count). The molecular weight excluding hydrogens is 326 g/mol. The number of aromatic carboxylic acids is 1. The highest BCUT2D eigenvalue weighted by atomic mass is 32.1. The van der Waals surface area contributed by atoms with Gasteiger partial charge in [0.1, 0.15) is 11.8 Å². The number of carboxylic acids is 1. The van der Waals surface area contributed by atoms with Gasteiger partial charge in [0.25, 0.3) is 0 Å². The average molecular weight is 343 g/mol. The number of carboxylic acid groups (broad SMARTS) is 1. The summed E-state index contributed by atoms with van der Waals surface area (Å²) in [6.45, 7) is 0.701. The fourth-order valence-electron chi connectivity index (χ4n) is 3.01. The first-order chi connectivity index (χ1) is 11.7. The third-order valence-corrected chi connectivity index (χ3v) is 5.41. The van der Waals surface area contributed by atoms with Crippen molar-refractivity contribution in [2.24, 2.45) is 0 Å². The Morgan fingerprint density at radius 2 is 2.21 bits per heavy atom. The first-order valence-electron chi connectivity index (χ1n) is 7.98. The molecule has 24 heavy (non-hydrogen) atoms. The van der Waals surface area contributed by atoms with E-state index < -0.39 is 5.97 Å². The van der Waals surface area contributed by atoms with E-state index >= 15 is 0 Å². The summed E-state index contributed by atoms with van der Waals surface area (Å²) in [6, 6.07) is 0. The predicted molar refractivity (Wildman–Crippen MR) is 90.9 cm³/mol. The van der Waals surface area contributed by atoms with Gasteiger partial charge in [0.05, 0.1) is 23.1 Å². The van der Waals surface area contributed by atoms with Crippen molar-refractivity contribution in [2.45, 2.75) is 32.1 Å². The van der Waals surface area contributed by atoms with Gasteiger partial charge in [-0.15, -0.1) is 11.3 Å². The molecule has 0 bridgehead atoms. The summed E-state index contributed by atoms with van der Waals surface area (Å²) in [6.07, 6.45) is 10.1. The van der Waals surface area contributed by atoms with Gasteiger partial charge in [-0.1, -0.05) is 0 Å². The number of carbonyl (C=O) groups is 1. The number of fused-ring (bicyclic) bond motifs is 2. The van der Waals surface area contributed by atoms with Crippen molar-refractivity contribution < 1.29 is 9.90 Å². The minimum Gasteiger partial charge on any atom is -0.477 e. The van der Waals surface area contributed by atoms with Gasteiger partial charge < -0.3 is 10.4 Å². The van der Waals surface area contributed by atoms with Gasteiger partial charge >= 0.3 is 5.97 Å². The first kappa shape index (κ1) is 15.1. The van der Waals surface area contributed by atoms with Gasteiger partial charge in [-0.25, -0.2) is 19.7 Å². The van der Waals surface area contributed by atoms with Gasteiger partial charge in [-0.3, -0.25) is 4.40 Å². The van der Waals surface area contributed by atoms with Crippen LogP contribution in [0.2, 0.25) is 0 Å². The van der Waals surface area contributed by atoms with E-state index in [1.165, 1.54) is 40.3 Å². The number of anilines is 1. The van der Waals surface area contributed by atoms with E-state index in [2.05, 4.69) is 15.3 Å². The number of thiazole rings is 1. The summed E-state index contributed by atoms with van der Waals surface area (Å²) in [5, 5.41) is 13.6. The fourth-order valence-corrected chi connectivity index (χ4v) is 4.17. The molecule has 2 N–H and O–H groups in total. The molecular formula is C16H17N5O2S. The zero-order valence-electron chi connectivity index (χ0n) is 13.0. The summed E-state index contributed by atoms with van der Waals surface area (Å²) in [4.78, 5) is 25.6. The molecule has 3 heterocycles. The topological polar surface area (TPSA) is 92.4 Å². The maximum atomic E-state index is 11.2. The molecule has 0 fully saturated rings. The maximum absolute atomic E-state index is 11.2.